The number of benzene rings is 2. The Morgan fingerprint density at radius 2 is 1.78 bits per heavy atom. The predicted octanol–water partition coefficient (Wildman–Crippen LogP) is 4.82. The van der Waals surface area contributed by atoms with Gasteiger partial charge in [0.15, 0.2) is 0 Å². The van der Waals surface area contributed by atoms with Crippen LogP contribution in [-0.4, -0.2) is 0 Å². The first-order valence-electron chi connectivity index (χ1n) is 5.86. The topological polar surface area (TPSA) is 26.0 Å². The molecular formula is C15H16ClNS. The fourth-order valence-corrected chi connectivity index (χ4v) is 2.74. The van der Waals surface area contributed by atoms with Crippen LogP contribution in [0.3, 0.4) is 0 Å². The van der Waals surface area contributed by atoms with E-state index < -0.39 is 0 Å². The molecular weight excluding hydrogens is 262 g/mol. The second kappa shape index (κ2) is 5.79. The van der Waals surface area contributed by atoms with Gasteiger partial charge in [-0.2, -0.15) is 0 Å². The molecule has 0 radical (unpaired) electrons. The summed E-state index contributed by atoms with van der Waals surface area (Å²) in [6.45, 7) is 4.04. The first-order chi connectivity index (χ1) is 8.56. The average Bonchev–Trinajstić information content (AvgIpc) is 2.34. The van der Waals surface area contributed by atoms with Crippen LogP contribution in [-0.2, 0) is 0 Å². The molecule has 0 saturated heterocycles. The minimum absolute atomic E-state index is 0.0147. The van der Waals surface area contributed by atoms with Crippen LogP contribution in [0.2, 0.25) is 5.02 Å². The fourth-order valence-electron chi connectivity index (χ4n) is 1.62. The number of aryl methyl sites for hydroxylation is 1. The zero-order chi connectivity index (χ0) is 13.1. The van der Waals surface area contributed by atoms with Crippen molar-refractivity contribution in [1.82, 2.24) is 0 Å². The summed E-state index contributed by atoms with van der Waals surface area (Å²) in [4.78, 5) is 2.25. The normalized spacial score (nSPS) is 12.4. The lowest BCUT2D eigenvalue weighted by Gasteiger charge is -2.09. The number of nitrogens with two attached hydrogens (primary N) is 1. The molecule has 1 nitrogen and oxygen atoms in total. The molecule has 2 aromatic carbocycles. The van der Waals surface area contributed by atoms with E-state index in [1.54, 1.807) is 11.8 Å². The quantitative estimate of drug-likeness (QED) is 0.870. The summed E-state index contributed by atoms with van der Waals surface area (Å²) in [7, 11) is 0. The number of hydrogen-bond donors (Lipinski definition) is 1. The second-order valence-electron chi connectivity index (χ2n) is 4.39. The number of halogens is 1. The van der Waals surface area contributed by atoms with Crippen molar-refractivity contribution < 1.29 is 0 Å². The molecule has 0 aliphatic rings. The van der Waals surface area contributed by atoms with Crippen molar-refractivity contribution in [2.24, 2.45) is 5.73 Å². The van der Waals surface area contributed by atoms with Crippen molar-refractivity contribution >= 4 is 23.4 Å². The van der Waals surface area contributed by atoms with Crippen molar-refractivity contribution in [2.45, 2.75) is 29.7 Å². The zero-order valence-electron chi connectivity index (χ0n) is 10.5. The van der Waals surface area contributed by atoms with Gasteiger partial charge in [-0.25, -0.2) is 0 Å². The molecule has 0 fully saturated rings. The summed E-state index contributed by atoms with van der Waals surface area (Å²) in [6.07, 6.45) is 0. The lowest BCUT2D eigenvalue weighted by atomic mass is 10.1. The Balaban J connectivity index is 2.22. The van der Waals surface area contributed by atoms with Crippen LogP contribution in [0.25, 0.3) is 0 Å². The van der Waals surface area contributed by atoms with Gasteiger partial charge in [-0.05, 0) is 43.7 Å². The third-order valence-electron chi connectivity index (χ3n) is 2.73. The molecule has 0 unspecified atom stereocenters. The Morgan fingerprint density at radius 3 is 2.33 bits per heavy atom. The highest BCUT2D eigenvalue weighted by atomic mass is 35.5. The molecule has 0 amide bonds. The van der Waals surface area contributed by atoms with Gasteiger partial charge in [0.05, 0.1) is 5.02 Å². The summed E-state index contributed by atoms with van der Waals surface area (Å²) in [5, 5.41) is 0.760. The van der Waals surface area contributed by atoms with E-state index in [1.165, 1.54) is 10.5 Å². The van der Waals surface area contributed by atoms with Crippen LogP contribution in [0.1, 0.15) is 24.1 Å². The van der Waals surface area contributed by atoms with E-state index in [2.05, 4.69) is 31.2 Å². The third kappa shape index (κ3) is 3.29. The van der Waals surface area contributed by atoms with Crippen molar-refractivity contribution in [3.8, 4) is 0 Å². The number of hydrogen-bond acceptors (Lipinski definition) is 2. The van der Waals surface area contributed by atoms with Gasteiger partial charge >= 0.3 is 0 Å². The maximum Gasteiger partial charge on any atom is 0.0548 e. The minimum Gasteiger partial charge on any atom is -0.324 e. The summed E-state index contributed by atoms with van der Waals surface area (Å²) < 4.78 is 0. The van der Waals surface area contributed by atoms with Crippen LogP contribution in [0.5, 0.6) is 0 Å². The molecule has 0 spiro atoms. The van der Waals surface area contributed by atoms with Crippen LogP contribution < -0.4 is 5.73 Å². The predicted molar refractivity (Wildman–Crippen MR) is 79.4 cm³/mol. The highest BCUT2D eigenvalue weighted by Crippen LogP contribution is 2.34. The van der Waals surface area contributed by atoms with Gasteiger partial charge in [-0.15, -0.1) is 0 Å². The molecule has 2 aromatic rings. The van der Waals surface area contributed by atoms with Gasteiger partial charge in [0.2, 0.25) is 0 Å². The Morgan fingerprint density at radius 1 is 1.11 bits per heavy atom. The Kier molecular flexibility index (Phi) is 4.33. The van der Waals surface area contributed by atoms with E-state index in [-0.39, 0.29) is 6.04 Å². The van der Waals surface area contributed by atoms with Crippen LogP contribution in [0.15, 0.2) is 52.3 Å². The molecule has 3 heteroatoms. The Labute approximate surface area is 117 Å². The summed E-state index contributed by atoms with van der Waals surface area (Å²) in [5.74, 6) is 0. The molecule has 0 saturated carbocycles. The smallest absolute Gasteiger partial charge is 0.0548 e. The van der Waals surface area contributed by atoms with Crippen LogP contribution >= 0.6 is 23.4 Å². The summed E-state index contributed by atoms with van der Waals surface area (Å²) in [6, 6.07) is 14.5. The van der Waals surface area contributed by atoms with Crippen molar-refractivity contribution in [2.75, 3.05) is 0 Å². The van der Waals surface area contributed by atoms with Gasteiger partial charge in [0, 0.05) is 15.8 Å². The second-order valence-corrected chi connectivity index (χ2v) is 5.92. The molecule has 94 valence electrons. The van der Waals surface area contributed by atoms with E-state index in [9.17, 15) is 0 Å². The minimum atomic E-state index is 0.0147. The SMILES string of the molecule is Cc1ccc(Sc2ccc([C@H](C)N)cc2Cl)cc1. The molecule has 2 N–H and O–H groups in total. The molecule has 0 bridgehead atoms. The lowest BCUT2D eigenvalue weighted by Crippen LogP contribution is -2.04. The highest BCUT2D eigenvalue weighted by molar-refractivity contribution is 7.99. The fraction of sp³-hybridized carbons (Fsp3) is 0.200. The van der Waals surface area contributed by atoms with Gasteiger partial charge < -0.3 is 5.73 Å². The highest BCUT2D eigenvalue weighted by Gasteiger charge is 2.06. The first kappa shape index (κ1) is 13.5. The molecule has 0 aliphatic carbocycles. The van der Waals surface area contributed by atoms with Gasteiger partial charge in [-0.1, -0.05) is 47.1 Å². The summed E-state index contributed by atoms with van der Waals surface area (Å²) in [5.41, 5.74) is 8.16. The zero-order valence-corrected chi connectivity index (χ0v) is 12.1. The molecule has 1 atom stereocenters. The van der Waals surface area contributed by atoms with Crippen molar-refractivity contribution in [1.29, 1.82) is 0 Å². The van der Waals surface area contributed by atoms with Crippen molar-refractivity contribution in [3.63, 3.8) is 0 Å². The van der Waals surface area contributed by atoms with E-state index in [4.69, 9.17) is 17.3 Å². The Hall–Kier alpha value is -0.960. The van der Waals surface area contributed by atoms with Crippen LogP contribution in [0.4, 0.5) is 0 Å². The molecule has 18 heavy (non-hydrogen) atoms. The third-order valence-corrected chi connectivity index (χ3v) is 4.24. The lowest BCUT2D eigenvalue weighted by molar-refractivity contribution is 0.817. The Bertz CT molecular complexity index is 535. The maximum atomic E-state index is 6.28. The number of rotatable bonds is 3. The van der Waals surface area contributed by atoms with Crippen molar-refractivity contribution in [3.05, 3.63) is 58.6 Å². The van der Waals surface area contributed by atoms with E-state index in [1.807, 2.05) is 25.1 Å². The van der Waals surface area contributed by atoms with Gasteiger partial charge in [-0.3, -0.25) is 0 Å². The maximum absolute atomic E-state index is 6.28. The monoisotopic (exact) mass is 277 g/mol. The molecule has 0 aliphatic heterocycles. The largest absolute Gasteiger partial charge is 0.324 e. The van der Waals surface area contributed by atoms with E-state index in [0.29, 0.717) is 0 Å². The summed E-state index contributed by atoms with van der Waals surface area (Å²) >= 11 is 7.95. The van der Waals surface area contributed by atoms with Gasteiger partial charge in [0.1, 0.15) is 0 Å². The molecule has 0 heterocycles. The van der Waals surface area contributed by atoms with Crippen LogP contribution in [0, 0.1) is 6.92 Å². The average molecular weight is 278 g/mol. The van der Waals surface area contributed by atoms with E-state index in [0.717, 1.165) is 15.5 Å². The molecule has 2 rings (SSSR count). The molecule has 0 aromatic heterocycles. The first-order valence-corrected chi connectivity index (χ1v) is 7.05. The van der Waals surface area contributed by atoms with Gasteiger partial charge in [0.25, 0.3) is 0 Å². The standard InChI is InChI=1S/C15H16ClNS/c1-10-3-6-13(7-4-10)18-15-8-5-12(11(2)17)9-14(15)16/h3-9,11H,17H2,1-2H3/t11-/m0/s1. The van der Waals surface area contributed by atoms with E-state index >= 15 is 0 Å².